The van der Waals surface area contributed by atoms with E-state index in [9.17, 15) is 0 Å². The van der Waals surface area contributed by atoms with Crippen molar-refractivity contribution in [3.05, 3.63) is 246 Å². The molecule has 0 bridgehead atoms. The van der Waals surface area contributed by atoms with Crippen LogP contribution in [0.5, 0.6) is 0 Å². The number of aryl methyl sites for hydroxylation is 1. The minimum Gasteiger partial charge on any atom is -0.344 e. The second-order valence-corrected chi connectivity index (χ2v) is 19.1. The summed E-state index contributed by atoms with van der Waals surface area (Å²) in [5, 5.41) is 10.1. The molecule has 334 valence electrons. The maximum absolute atomic E-state index is 5.38. The molecule has 14 rings (SSSR count). The number of rotatable bonds is 7. The molecule has 3 heterocycles. The van der Waals surface area contributed by atoms with E-state index in [0.717, 1.165) is 52.2 Å². The number of hydrogen-bond donors (Lipinski definition) is 1. The van der Waals surface area contributed by atoms with Gasteiger partial charge in [0.2, 0.25) is 0 Å². The Balaban J connectivity index is 0.949. The van der Waals surface area contributed by atoms with E-state index in [-0.39, 0.29) is 6.17 Å². The van der Waals surface area contributed by atoms with Crippen LogP contribution in [0.25, 0.3) is 82.7 Å². The number of para-hydroxylation sites is 2. The summed E-state index contributed by atoms with van der Waals surface area (Å²) >= 11 is 0. The van der Waals surface area contributed by atoms with Gasteiger partial charge in [-0.1, -0.05) is 169 Å². The Hall–Kier alpha value is -8.54. The summed E-state index contributed by atoms with van der Waals surface area (Å²) in [5.41, 5.74) is 19.9. The fourth-order valence-corrected chi connectivity index (χ4v) is 11.8. The van der Waals surface area contributed by atoms with E-state index in [4.69, 9.17) is 9.98 Å². The average Bonchev–Trinajstić information content (AvgIpc) is 3.96. The number of nitrogens with one attached hydrogen (secondary N) is 1. The largest absolute Gasteiger partial charge is 0.344 e. The van der Waals surface area contributed by atoms with Crippen LogP contribution in [0.4, 0.5) is 0 Å². The Kier molecular flexibility index (Phi) is 9.61. The second kappa shape index (κ2) is 16.6. The summed E-state index contributed by atoms with van der Waals surface area (Å²) in [5.74, 6) is 1.49. The topological polar surface area (TPSA) is 46.6 Å². The number of benzene rings is 9. The van der Waals surface area contributed by atoms with Gasteiger partial charge in [-0.15, -0.1) is 0 Å². The molecule has 1 atom stereocenters. The van der Waals surface area contributed by atoms with Crippen molar-refractivity contribution in [3.8, 4) is 33.6 Å². The lowest BCUT2D eigenvalue weighted by Crippen LogP contribution is -2.34. The van der Waals surface area contributed by atoms with Crippen LogP contribution in [0, 0.1) is 0 Å². The number of fused-ring (bicyclic) bond motifs is 8. The van der Waals surface area contributed by atoms with Crippen molar-refractivity contribution in [2.45, 2.75) is 44.7 Å². The fraction of sp³-hybridized carbons (Fsp3) is 0.108. The Labute approximate surface area is 407 Å². The van der Waals surface area contributed by atoms with Crippen molar-refractivity contribution in [2.75, 3.05) is 0 Å². The number of amidine groups is 2. The quantitative estimate of drug-likeness (QED) is 0.170. The summed E-state index contributed by atoms with van der Waals surface area (Å²) in [7, 11) is 0. The highest BCUT2D eigenvalue weighted by molar-refractivity contribution is 6.17. The Bertz CT molecular complexity index is 3940. The predicted octanol–water partition coefficient (Wildman–Crippen LogP) is 16.0. The zero-order chi connectivity index (χ0) is 46.1. The molecule has 2 aromatic heterocycles. The van der Waals surface area contributed by atoms with Crippen molar-refractivity contribution >= 4 is 60.7 Å². The molecule has 70 heavy (non-hydrogen) atoms. The van der Waals surface area contributed by atoms with E-state index < -0.39 is 0 Å². The molecular formula is C65H49N5. The molecule has 11 aromatic rings. The van der Waals surface area contributed by atoms with Gasteiger partial charge in [-0.3, -0.25) is 0 Å². The van der Waals surface area contributed by atoms with Crippen LogP contribution < -0.4 is 5.32 Å². The Morgan fingerprint density at radius 2 is 1.11 bits per heavy atom. The summed E-state index contributed by atoms with van der Waals surface area (Å²) in [6.45, 7) is 0. The molecule has 2 aliphatic carbocycles. The van der Waals surface area contributed by atoms with Crippen molar-refractivity contribution in [3.63, 3.8) is 0 Å². The van der Waals surface area contributed by atoms with Gasteiger partial charge in [0.1, 0.15) is 12.0 Å². The van der Waals surface area contributed by atoms with Gasteiger partial charge in [0.15, 0.2) is 5.84 Å². The van der Waals surface area contributed by atoms with Crippen molar-refractivity contribution in [2.24, 2.45) is 9.98 Å². The van der Waals surface area contributed by atoms with E-state index in [2.05, 4.69) is 227 Å². The molecule has 0 saturated carbocycles. The van der Waals surface area contributed by atoms with Crippen LogP contribution in [0.2, 0.25) is 0 Å². The van der Waals surface area contributed by atoms with Gasteiger partial charge in [0, 0.05) is 33.0 Å². The highest BCUT2D eigenvalue weighted by atomic mass is 15.2. The second-order valence-electron chi connectivity index (χ2n) is 19.1. The van der Waals surface area contributed by atoms with E-state index >= 15 is 0 Å². The minimum absolute atomic E-state index is 0.355. The number of allylic oxidation sites excluding steroid dienone is 2. The van der Waals surface area contributed by atoms with Gasteiger partial charge in [0.25, 0.3) is 0 Å². The number of hydrogen-bond acceptors (Lipinski definition) is 3. The highest BCUT2D eigenvalue weighted by Crippen LogP contribution is 2.47. The highest BCUT2D eigenvalue weighted by Gasteiger charge is 2.30. The zero-order valence-corrected chi connectivity index (χ0v) is 38.8. The van der Waals surface area contributed by atoms with E-state index in [1.54, 1.807) is 11.1 Å². The lowest BCUT2D eigenvalue weighted by molar-refractivity contribution is 0.672. The van der Waals surface area contributed by atoms with Gasteiger partial charge < -0.3 is 14.5 Å². The molecule has 5 heteroatoms. The van der Waals surface area contributed by atoms with Crippen molar-refractivity contribution < 1.29 is 0 Å². The summed E-state index contributed by atoms with van der Waals surface area (Å²) in [4.78, 5) is 10.8. The molecule has 1 aliphatic heterocycles. The van der Waals surface area contributed by atoms with Crippen LogP contribution in [-0.2, 0) is 6.42 Å². The first-order valence-corrected chi connectivity index (χ1v) is 24.9. The molecule has 1 N–H and O–H groups in total. The van der Waals surface area contributed by atoms with Gasteiger partial charge >= 0.3 is 0 Å². The monoisotopic (exact) mass is 899 g/mol. The van der Waals surface area contributed by atoms with Gasteiger partial charge in [-0.2, -0.15) is 0 Å². The predicted molar refractivity (Wildman–Crippen MR) is 292 cm³/mol. The minimum atomic E-state index is -0.355. The van der Waals surface area contributed by atoms with Crippen LogP contribution in [0.3, 0.4) is 0 Å². The maximum Gasteiger partial charge on any atom is 0.159 e. The molecule has 1 unspecified atom stereocenters. The third-order valence-electron chi connectivity index (χ3n) is 15.1. The first-order chi connectivity index (χ1) is 34.7. The van der Waals surface area contributed by atoms with E-state index in [1.165, 1.54) is 97.2 Å². The molecule has 0 radical (unpaired) electrons. The first-order valence-electron chi connectivity index (χ1n) is 24.9. The normalized spacial score (nSPS) is 15.7. The zero-order valence-electron chi connectivity index (χ0n) is 38.8. The standard InChI is InChI=1S/C65H49N5/c1-3-16-42(17-4-1)43-30-32-46(33-31-43)63-66-64(68-65(67-63)56-26-12-11-23-51(56)44-18-5-2-6-19-44)47-34-37-50(38-35-47)69-60-41-49-22-8-7-21-48(49)40-57(60)54-27-15-29-59(62(54)69)70-58-28-14-13-25-53(58)55-39-36-45-20-9-10-24-52(45)61(55)70/h1-8,11-19,21-23,25-35,37-38,40-41,63H,9-10,20,24,36,39H2,(H,66,67,68). The molecule has 9 aromatic carbocycles. The lowest BCUT2D eigenvalue weighted by Gasteiger charge is -2.27. The van der Waals surface area contributed by atoms with Crippen LogP contribution in [0.1, 0.15) is 66.2 Å². The lowest BCUT2D eigenvalue weighted by atomic mass is 9.81. The SMILES string of the molecule is c1ccc(-c2ccc(C3N=C(c4ccc(-n5c6cc7ccccc7cc6c6cccc(-n7c8c(c9ccccc97)CCC7=C8CCCC7)c65)cc4)N=C(c4ccccc4-c4ccccc4)N3)cc2)cc1. The number of nitrogens with zero attached hydrogens (tertiary/aromatic N) is 4. The summed E-state index contributed by atoms with van der Waals surface area (Å²) in [6.07, 6.45) is 6.81. The average molecular weight is 900 g/mol. The smallest absolute Gasteiger partial charge is 0.159 e. The maximum atomic E-state index is 5.38. The molecular weight excluding hydrogens is 851 g/mol. The molecule has 5 nitrogen and oxygen atoms in total. The summed E-state index contributed by atoms with van der Waals surface area (Å²) in [6, 6.07) is 77.0. The Morgan fingerprint density at radius 3 is 1.93 bits per heavy atom. The number of aromatic nitrogens is 2. The third-order valence-corrected chi connectivity index (χ3v) is 15.1. The van der Waals surface area contributed by atoms with Crippen LogP contribution >= 0.6 is 0 Å². The molecule has 3 aliphatic rings. The van der Waals surface area contributed by atoms with E-state index in [0.29, 0.717) is 5.84 Å². The third kappa shape index (κ3) is 6.68. The summed E-state index contributed by atoms with van der Waals surface area (Å²) < 4.78 is 5.15. The number of aliphatic imine (C=N–C) groups is 2. The van der Waals surface area contributed by atoms with E-state index in [1.807, 2.05) is 0 Å². The van der Waals surface area contributed by atoms with Gasteiger partial charge in [-0.25, -0.2) is 9.98 Å². The Morgan fingerprint density at radius 1 is 0.457 bits per heavy atom. The molecule has 0 spiro atoms. The first kappa shape index (κ1) is 40.5. The molecule has 0 saturated heterocycles. The van der Waals surface area contributed by atoms with Gasteiger partial charge in [0.05, 0.1) is 27.9 Å². The van der Waals surface area contributed by atoms with Crippen LogP contribution in [-0.4, -0.2) is 20.8 Å². The fourth-order valence-electron chi connectivity index (χ4n) is 11.8. The van der Waals surface area contributed by atoms with Crippen molar-refractivity contribution in [1.82, 2.24) is 14.5 Å². The molecule has 0 amide bonds. The van der Waals surface area contributed by atoms with Gasteiger partial charge in [-0.05, 0) is 137 Å². The molecule has 0 fully saturated rings. The van der Waals surface area contributed by atoms with Crippen molar-refractivity contribution in [1.29, 1.82) is 0 Å². The van der Waals surface area contributed by atoms with Crippen LogP contribution in [0.15, 0.2) is 228 Å².